The number of nitrogens with zero attached hydrogens (tertiary/aromatic N) is 1. The van der Waals surface area contributed by atoms with E-state index >= 15 is 0 Å². The minimum atomic E-state index is -4.18. The predicted molar refractivity (Wildman–Crippen MR) is 105 cm³/mol. The Kier molecular flexibility index (Phi) is 6.60. The Hall–Kier alpha value is -2.98. The SMILES string of the molecule is CC(C)(C)Oc1ccc(CC(NS(=O)(=O)c2ccc([N+](=O)[O-])cc2)C(=O)O)cc1. The molecule has 9 nitrogen and oxygen atoms in total. The molecule has 0 amide bonds. The van der Waals surface area contributed by atoms with Crippen LogP contribution in [0.2, 0.25) is 0 Å². The second-order valence-electron chi connectivity index (χ2n) is 7.33. The van der Waals surface area contributed by atoms with Crippen LogP contribution in [0.5, 0.6) is 5.75 Å². The van der Waals surface area contributed by atoms with Crippen LogP contribution in [0.15, 0.2) is 53.4 Å². The van der Waals surface area contributed by atoms with E-state index in [0.29, 0.717) is 11.3 Å². The molecule has 29 heavy (non-hydrogen) atoms. The van der Waals surface area contributed by atoms with E-state index in [-0.39, 0.29) is 22.6 Å². The molecule has 0 radical (unpaired) electrons. The van der Waals surface area contributed by atoms with Crippen LogP contribution in [-0.2, 0) is 21.2 Å². The number of rotatable bonds is 8. The number of aliphatic carboxylic acids is 1. The number of nitro benzene ring substituents is 1. The molecule has 156 valence electrons. The van der Waals surface area contributed by atoms with Crippen LogP contribution in [0, 0.1) is 10.1 Å². The lowest BCUT2D eigenvalue weighted by Crippen LogP contribution is -2.42. The number of hydrogen-bond donors (Lipinski definition) is 2. The first-order valence-electron chi connectivity index (χ1n) is 8.65. The van der Waals surface area contributed by atoms with E-state index in [1.165, 1.54) is 0 Å². The first-order valence-corrected chi connectivity index (χ1v) is 10.1. The van der Waals surface area contributed by atoms with Crippen molar-refractivity contribution in [3.8, 4) is 5.75 Å². The molecule has 1 unspecified atom stereocenters. The number of nitro groups is 1. The summed E-state index contributed by atoms with van der Waals surface area (Å²) in [5, 5.41) is 20.1. The maximum atomic E-state index is 12.5. The van der Waals surface area contributed by atoms with Crippen molar-refractivity contribution in [3.05, 3.63) is 64.2 Å². The molecule has 0 saturated carbocycles. The van der Waals surface area contributed by atoms with E-state index in [1.807, 2.05) is 20.8 Å². The fourth-order valence-electron chi connectivity index (χ4n) is 2.46. The van der Waals surface area contributed by atoms with Gasteiger partial charge in [-0.1, -0.05) is 12.1 Å². The minimum Gasteiger partial charge on any atom is -0.488 e. The van der Waals surface area contributed by atoms with Crippen LogP contribution in [0.4, 0.5) is 5.69 Å². The number of carbonyl (C=O) groups is 1. The summed E-state index contributed by atoms with van der Waals surface area (Å²) in [4.78, 5) is 21.3. The third-order valence-electron chi connectivity index (χ3n) is 3.74. The number of nitrogens with one attached hydrogen (secondary N) is 1. The maximum absolute atomic E-state index is 12.5. The highest BCUT2D eigenvalue weighted by Crippen LogP contribution is 2.20. The highest BCUT2D eigenvalue weighted by Gasteiger charge is 2.26. The van der Waals surface area contributed by atoms with Gasteiger partial charge < -0.3 is 9.84 Å². The molecule has 0 aliphatic heterocycles. The summed E-state index contributed by atoms with van der Waals surface area (Å²) in [6, 6.07) is 9.47. The quantitative estimate of drug-likeness (QED) is 0.493. The van der Waals surface area contributed by atoms with E-state index < -0.39 is 27.0 Å². The third-order valence-corrected chi connectivity index (χ3v) is 5.23. The summed E-state index contributed by atoms with van der Waals surface area (Å²) in [5.41, 5.74) is -0.0488. The van der Waals surface area contributed by atoms with E-state index in [4.69, 9.17) is 4.74 Å². The number of hydrogen-bond acceptors (Lipinski definition) is 6. The normalized spacial score (nSPS) is 12.9. The molecule has 0 aromatic heterocycles. The Labute approximate surface area is 168 Å². The van der Waals surface area contributed by atoms with Gasteiger partial charge in [-0.25, -0.2) is 8.42 Å². The molecule has 0 spiro atoms. The molecule has 0 aliphatic carbocycles. The number of carboxylic acid groups (broad SMARTS) is 1. The van der Waals surface area contributed by atoms with Gasteiger partial charge in [-0.2, -0.15) is 4.72 Å². The highest BCUT2D eigenvalue weighted by atomic mass is 32.2. The Morgan fingerprint density at radius 1 is 1.14 bits per heavy atom. The number of sulfonamides is 1. The van der Waals surface area contributed by atoms with Crippen LogP contribution in [-0.4, -0.2) is 36.1 Å². The second kappa shape index (κ2) is 8.58. The average molecular weight is 422 g/mol. The highest BCUT2D eigenvalue weighted by molar-refractivity contribution is 7.89. The van der Waals surface area contributed by atoms with Crippen molar-refractivity contribution in [1.82, 2.24) is 4.72 Å². The van der Waals surface area contributed by atoms with Gasteiger partial charge in [0, 0.05) is 12.1 Å². The largest absolute Gasteiger partial charge is 0.488 e. The monoisotopic (exact) mass is 422 g/mol. The maximum Gasteiger partial charge on any atom is 0.322 e. The van der Waals surface area contributed by atoms with Crippen LogP contribution >= 0.6 is 0 Å². The van der Waals surface area contributed by atoms with Crippen molar-refractivity contribution >= 4 is 21.7 Å². The Morgan fingerprint density at radius 2 is 1.69 bits per heavy atom. The number of non-ortho nitro benzene ring substituents is 1. The van der Waals surface area contributed by atoms with Crippen LogP contribution < -0.4 is 9.46 Å². The molecule has 0 aliphatic rings. The van der Waals surface area contributed by atoms with Crippen molar-refractivity contribution < 1.29 is 28.0 Å². The van der Waals surface area contributed by atoms with Gasteiger partial charge in [0.25, 0.3) is 5.69 Å². The first kappa shape index (κ1) is 22.3. The van der Waals surface area contributed by atoms with Gasteiger partial charge >= 0.3 is 5.97 Å². The van der Waals surface area contributed by atoms with E-state index in [9.17, 15) is 28.4 Å². The molecule has 0 bridgehead atoms. The average Bonchev–Trinajstić information content (AvgIpc) is 2.61. The summed E-state index contributed by atoms with van der Waals surface area (Å²) >= 11 is 0. The van der Waals surface area contributed by atoms with Crippen molar-refractivity contribution in [3.63, 3.8) is 0 Å². The second-order valence-corrected chi connectivity index (χ2v) is 9.04. The summed E-state index contributed by atoms with van der Waals surface area (Å²) in [6.07, 6.45) is -0.0860. The fraction of sp³-hybridized carbons (Fsp3) is 0.316. The van der Waals surface area contributed by atoms with Gasteiger partial charge in [0.2, 0.25) is 10.0 Å². The Morgan fingerprint density at radius 3 is 2.14 bits per heavy atom. The van der Waals surface area contributed by atoms with Gasteiger partial charge in [-0.3, -0.25) is 14.9 Å². The van der Waals surface area contributed by atoms with Crippen LogP contribution in [0.1, 0.15) is 26.3 Å². The zero-order valence-electron chi connectivity index (χ0n) is 16.2. The molecule has 2 rings (SSSR count). The van der Waals surface area contributed by atoms with Crippen molar-refractivity contribution in [1.29, 1.82) is 0 Å². The van der Waals surface area contributed by atoms with Gasteiger partial charge in [0.05, 0.1) is 9.82 Å². The van der Waals surface area contributed by atoms with E-state index in [2.05, 4.69) is 4.72 Å². The van der Waals surface area contributed by atoms with Crippen molar-refractivity contribution in [2.45, 2.75) is 43.7 Å². The van der Waals surface area contributed by atoms with Crippen molar-refractivity contribution in [2.75, 3.05) is 0 Å². The minimum absolute atomic E-state index is 0.0860. The zero-order chi connectivity index (χ0) is 21.8. The topological polar surface area (TPSA) is 136 Å². The lowest BCUT2D eigenvalue weighted by Gasteiger charge is -2.21. The molecule has 1 atom stereocenters. The molecule has 2 aromatic rings. The zero-order valence-corrected chi connectivity index (χ0v) is 17.0. The van der Waals surface area contributed by atoms with Gasteiger partial charge in [0.15, 0.2) is 0 Å². The molecule has 0 heterocycles. The van der Waals surface area contributed by atoms with Crippen LogP contribution in [0.25, 0.3) is 0 Å². The summed E-state index contributed by atoms with van der Waals surface area (Å²) in [6.45, 7) is 5.69. The molecule has 2 aromatic carbocycles. The van der Waals surface area contributed by atoms with E-state index in [0.717, 1.165) is 24.3 Å². The summed E-state index contributed by atoms with van der Waals surface area (Å²) in [7, 11) is -4.18. The Balaban J connectivity index is 2.15. The number of benzene rings is 2. The third kappa shape index (κ3) is 6.54. The smallest absolute Gasteiger partial charge is 0.322 e. The fourth-order valence-corrected chi connectivity index (χ4v) is 3.65. The van der Waals surface area contributed by atoms with Crippen LogP contribution in [0.3, 0.4) is 0 Å². The molecule has 0 saturated heterocycles. The van der Waals surface area contributed by atoms with Gasteiger partial charge in [0.1, 0.15) is 17.4 Å². The molecule has 0 fully saturated rings. The van der Waals surface area contributed by atoms with Gasteiger partial charge in [-0.15, -0.1) is 0 Å². The predicted octanol–water partition coefficient (Wildman–Crippen LogP) is 2.75. The number of ether oxygens (including phenoxy) is 1. The van der Waals surface area contributed by atoms with Gasteiger partial charge in [-0.05, 0) is 57.0 Å². The van der Waals surface area contributed by atoms with Crippen molar-refractivity contribution in [2.24, 2.45) is 0 Å². The number of carboxylic acids is 1. The molecular weight excluding hydrogens is 400 g/mol. The van der Waals surface area contributed by atoms with E-state index in [1.54, 1.807) is 24.3 Å². The lowest BCUT2D eigenvalue weighted by atomic mass is 10.1. The lowest BCUT2D eigenvalue weighted by molar-refractivity contribution is -0.384. The summed E-state index contributed by atoms with van der Waals surface area (Å²) in [5.74, 6) is -0.731. The first-order chi connectivity index (χ1) is 13.4. The standard InChI is InChI=1S/C19H22N2O7S/c1-19(2,3)28-15-8-4-13(5-9-15)12-17(18(22)23)20-29(26,27)16-10-6-14(7-11-16)21(24)25/h4-11,17,20H,12H2,1-3H3,(H,22,23). The molecule has 2 N–H and O–H groups in total. The Bertz CT molecular complexity index is 979. The summed E-state index contributed by atoms with van der Waals surface area (Å²) < 4.78 is 32.8. The molecule has 10 heteroatoms. The molecular formula is C19H22N2O7S.